The van der Waals surface area contributed by atoms with Crippen LogP contribution in [0.5, 0.6) is 0 Å². The average Bonchev–Trinajstić information content (AvgIpc) is 2.20. The van der Waals surface area contributed by atoms with Gasteiger partial charge in [0.15, 0.2) is 0 Å². The van der Waals surface area contributed by atoms with E-state index in [-0.39, 0.29) is 12.8 Å². The highest BCUT2D eigenvalue weighted by Gasteiger charge is 2.29. The Hall–Kier alpha value is 0.610. The van der Waals surface area contributed by atoms with Crippen LogP contribution >= 0.6 is 22.9 Å². The highest BCUT2D eigenvalue weighted by Crippen LogP contribution is 2.27. The van der Waals surface area contributed by atoms with Crippen molar-refractivity contribution < 1.29 is 10.2 Å². The minimum Gasteiger partial charge on any atom is -0.396 e. The molecule has 2 unspecified atom stereocenters. The summed E-state index contributed by atoms with van der Waals surface area (Å²) in [5, 5.41) is 17.9. The molecule has 1 heterocycles. The lowest BCUT2D eigenvalue weighted by molar-refractivity contribution is 0.0960. The molecule has 0 bridgehead atoms. The van der Waals surface area contributed by atoms with Gasteiger partial charge in [-0.3, -0.25) is 0 Å². The highest BCUT2D eigenvalue weighted by atomic mass is 127. The normalized spacial score (nSPS) is 35.1. The van der Waals surface area contributed by atoms with Gasteiger partial charge in [-0.1, -0.05) is 0 Å². The zero-order valence-electron chi connectivity index (χ0n) is 5.70. The van der Waals surface area contributed by atoms with E-state index >= 15 is 0 Å². The monoisotopic (exact) mass is 257 g/mol. The molecule has 60 valence electrons. The maximum Gasteiger partial charge on any atom is 0.116 e. The van der Waals surface area contributed by atoms with Crippen LogP contribution in [0.1, 0.15) is 19.3 Å². The maximum absolute atomic E-state index is 9.23. The molecular formula is C6H12INO2. The second kappa shape index (κ2) is 3.85. The van der Waals surface area contributed by atoms with Crippen LogP contribution in [0, 0.1) is 0 Å². The van der Waals surface area contributed by atoms with Gasteiger partial charge in [-0.05, 0) is 19.3 Å². The number of aliphatic hydroxyl groups is 2. The second-order valence-corrected chi connectivity index (χ2v) is 3.68. The SMILES string of the molecule is OCCC1CCC(O)N1I. The van der Waals surface area contributed by atoms with Gasteiger partial charge in [0.1, 0.15) is 6.23 Å². The van der Waals surface area contributed by atoms with Crippen LogP contribution in [-0.2, 0) is 0 Å². The molecule has 1 saturated heterocycles. The Balaban J connectivity index is 2.33. The van der Waals surface area contributed by atoms with Gasteiger partial charge in [-0.15, -0.1) is 0 Å². The van der Waals surface area contributed by atoms with Crippen LogP contribution in [-0.4, -0.2) is 32.2 Å². The van der Waals surface area contributed by atoms with Crippen LogP contribution in [0.3, 0.4) is 0 Å². The van der Waals surface area contributed by atoms with Crippen molar-refractivity contribution in [2.45, 2.75) is 31.5 Å². The molecular weight excluding hydrogens is 245 g/mol. The molecule has 1 aliphatic rings. The van der Waals surface area contributed by atoms with Gasteiger partial charge in [-0.2, -0.15) is 0 Å². The molecule has 2 N–H and O–H groups in total. The molecule has 0 aromatic rings. The minimum absolute atomic E-state index is 0.219. The molecule has 0 aromatic heterocycles. The Labute approximate surface area is 74.5 Å². The maximum atomic E-state index is 9.23. The fourth-order valence-corrected chi connectivity index (χ4v) is 2.08. The Bertz CT molecular complexity index is 110. The molecule has 0 saturated carbocycles. The Morgan fingerprint density at radius 2 is 2.20 bits per heavy atom. The van der Waals surface area contributed by atoms with Crippen molar-refractivity contribution in [3.8, 4) is 0 Å². The van der Waals surface area contributed by atoms with Crippen LogP contribution in [0.2, 0.25) is 0 Å². The number of rotatable bonds is 2. The average molecular weight is 257 g/mol. The van der Waals surface area contributed by atoms with Gasteiger partial charge in [0.25, 0.3) is 0 Å². The third kappa shape index (κ3) is 1.81. The van der Waals surface area contributed by atoms with E-state index in [1.54, 1.807) is 0 Å². The first-order chi connectivity index (χ1) is 4.75. The number of hydrogen-bond donors (Lipinski definition) is 2. The predicted molar refractivity (Wildman–Crippen MR) is 46.6 cm³/mol. The molecule has 2 atom stereocenters. The molecule has 0 aromatic carbocycles. The van der Waals surface area contributed by atoms with Gasteiger partial charge >= 0.3 is 0 Å². The van der Waals surface area contributed by atoms with Crippen molar-refractivity contribution in [2.24, 2.45) is 0 Å². The van der Waals surface area contributed by atoms with Crippen molar-refractivity contribution in [3.05, 3.63) is 0 Å². The number of nitrogens with zero attached hydrogens (tertiary/aromatic N) is 1. The molecule has 1 rings (SSSR count). The van der Waals surface area contributed by atoms with Crippen molar-refractivity contribution in [3.63, 3.8) is 0 Å². The smallest absolute Gasteiger partial charge is 0.116 e. The first kappa shape index (κ1) is 8.70. The van der Waals surface area contributed by atoms with Crippen molar-refractivity contribution >= 4 is 22.9 Å². The number of hydrogen-bond acceptors (Lipinski definition) is 3. The molecule has 0 radical (unpaired) electrons. The highest BCUT2D eigenvalue weighted by molar-refractivity contribution is 14.1. The minimum atomic E-state index is -0.294. The van der Waals surface area contributed by atoms with E-state index in [1.807, 2.05) is 3.11 Å². The van der Waals surface area contributed by atoms with E-state index in [4.69, 9.17) is 5.11 Å². The summed E-state index contributed by atoms with van der Waals surface area (Å²) in [7, 11) is 0. The Morgan fingerprint density at radius 1 is 1.50 bits per heavy atom. The summed E-state index contributed by atoms with van der Waals surface area (Å²) in [5.41, 5.74) is 0. The molecule has 4 heteroatoms. The van der Waals surface area contributed by atoms with Crippen molar-refractivity contribution in [2.75, 3.05) is 6.61 Å². The number of halogens is 1. The quantitative estimate of drug-likeness (QED) is 0.559. The van der Waals surface area contributed by atoms with Gasteiger partial charge < -0.3 is 10.2 Å². The third-order valence-corrected chi connectivity index (χ3v) is 3.28. The topological polar surface area (TPSA) is 43.7 Å². The summed E-state index contributed by atoms with van der Waals surface area (Å²) >= 11 is 2.12. The molecule has 3 nitrogen and oxygen atoms in total. The lowest BCUT2D eigenvalue weighted by Crippen LogP contribution is -2.26. The van der Waals surface area contributed by atoms with Crippen LogP contribution in [0.25, 0.3) is 0 Å². The molecule has 1 aliphatic heterocycles. The summed E-state index contributed by atoms with van der Waals surface area (Å²) in [6, 6.07) is 0.376. The fraction of sp³-hybridized carbons (Fsp3) is 1.00. The molecule has 0 aliphatic carbocycles. The van der Waals surface area contributed by atoms with E-state index in [2.05, 4.69) is 22.9 Å². The summed E-state index contributed by atoms with van der Waals surface area (Å²) in [6.07, 6.45) is 2.33. The van der Waals surface area contributed by atoms with E-state index in [1.165, 1.54) is 0 Å². The third-order valence-electron chi connectivity index (χ3n) is 1.85. The molecule has 0 spiro atoms. The Kier molecular flexibility index (Phi) is 3.35. The largest absolute Gasteiger partial charge is 0.396 e. The van der Waals surface area contributed by atoms with Crippen molar-refractivity contribution in [1.29, 1.82) is 0 Å². The first-order valence-corrected chi connectivity index (χ1v) is 4.45. The summed E-state index contributed by atoms with van der Waals surface area (Å²) in [6.45, 7) is 0.219. The van der Waals surface area contributed by atoms with Crippen LogP contribution < -0.4 is 0 Å². The fourth-order valence-electron chi connectivity index (χ4n) is 1.25. The van der Waals surface area contributed by atoms with Gasteiger partial charge in [0, 0.05) is 35.5 Å². The molecule has 0 amide bonds. The first-order valence-electron chi connectivity index (χ1n) is 3.48. The van der Waals surface area contributed by atoms with E-state index < -0.39 is 0 Å². The summed E-state index contributed by atoms with van der Waals surface area (Å²) in [4.78, 5) is 0. The molecule has 10 heavy (non-hydrogen) atoms. The van der Waals surface area contributed by atoms with Gasteiger partial charge in [-0.25, -0.2) is 3.11 Å². The van der Waals surface area contributed by atoms with E-state index in [0.717, 1.165) is 19.3 Å². The standard InChI is InChI=1S/C6H12INO2/c7-8-5(3-4-9)1-2-6(8)10/h5-6,9-10H,1-4H2. The summed E-state index contributed by atoms with van der Waals surface area (Å²) < 4.78 is 1.90. The summed E-state index contributed by atoms with van der Waals surface area (Å²) in [5.74, 6) is 0. The van der Waals surface area contributed by atoms with Crippen molar-refractivity contribution in [1.82, 2.24) is 3.11 Å². The lowest BCUT2D eigenvalue weighted by Gasteiger charge is -2.18. The van der Waals surface area contributed by atoms with Gasteiger partial charge in [0.2, 0.25) is 0 Å². The number of aliphatic hydroxyl groups excluding tert-OH is 2. The van der Waals surface area contributed by atoms with Crippen LogP contribution in [0.15, 0.2) is 0 Å². The second-order valence-electron chi connectivity index (χ2n) is 2.57. The molecule has 1 fully saturated rings. The van der Waals surface area contributed by atoms with E-state index in [9.17, 15) is 5.11 Å². The zero-order valence-corrected chi connectivity index (χ0v) is 7.86. The van der Waals surface area contributed by atoms with Crippen LogP contribution in [0.4, 0.5) is 0 Å². The zero-order chi connectivity index (χ0) is 7.56. The van der Waals surface area contributed by atoms with E-state index in [0.29, 0.717) is 6.04 Å². The van der Waals surface area contributed by atoms with Gasteiger partial charge in [0.05, 0.1) is 0 Å². The lowest BCUT2D eigenvalue weighted by atomic mass is 10.2. The predicted octanol–water partition coefficient (Wildman–Crippen LogP) is 0.502. The Morgan fingerprint density at radius 3 is 2.60 bits per heavy atom.